The van der Waals surface area contributed by atoms with Crippen LogP contribution >= 0.6 is 0 Å². The van der Waals surface area contributed by atoms with Crippen molar-refractivity contribution in [3.05, 3.63) is 119 Å². The normalized spacial score (nSPS) is 15.7. The molecule has 0 saturated carbocycles. The topological polar surface area (TPSA) is 25.8 Å². The van der Waals surface area contributed by atoms with E-state index in [-0.39, 0.29) is 10.8 Å². The standard InChI is InChI=1S/C34H28N2/c1-33(2)25-8-5-7-24(19-25)28-17-15-22-13-11-21-12-14-23-16-18-29(36-32(23)30(21)31(22)35-28)34(3,4)27-10-6-9-26(33)20-27/h5-20H,1-4H3. The summed E-state index contributed by atoms with van der Waals surface area (Å²) in [5.41, 5.74) is 8.67. The van der Waals surface area contributed by atoms with Gasteiger partial charge in [0.2, 0.25) is 0 Å². The van der Waals surface area contributed by atoms with Crippen LogP contribution in [-0.4, -0.2) is 9.97 Å². The van der Waals surface area contributed by atoms with Crippen LogP contribution < -0.4 is 0 Å². The molecule has 6 aromatic rings. The highest BCUT2D eigenvalue weighted by molar-refractivity contribution is 6.17. The van der Waals surface area contributed by atoms with Crippen molar-refractivity contribution >= 4 is 32.6 Å². The minimum absolute atomic E-state index is 0.160. The molecule has 2 nitrogen and oxygen atoms in total. The van der Waals surface area contributed by atoms with Gasteiger partial charge in [-0.2, -0.15) is 0 Å². The lowest BCUT2D eigenvalue weighted by molar-refractivity contribution is 0.605. The molecule has 7 rings (SSSR count). The van der Waals surface area contributed by atoms with E-state index in [1.807, 2.05) is 0 Å². The van der Waals surface area contributed by atoms with Crippen LogP contribution in [0.4, 0.5) is 0 Å². The fraction of sp³-hybridized carbons (Fsp3) is 0.176. The summed E-state index contributed by atoms with van der Waals surface area (Å²) in [5.74, 6) is 0. The van der Waals surface area contributed by atoms with Gasteiger partial charge < -0.3 is 0 Å². The molecule has 0 spiro atoms. The lowest BCUT2D eigenvalue weighted by atomic mass is 9.74. The maximum Gasteiger partial charge on any atom is 0.0809 e. The molecule has 8 bridgehead atoms. The zero-order valence-corrected chi connectivity index (χ0v) is 21.1. The molecule has 0 atom stereocenters. The predicted octanol–water partition coefficient (Wildman–Crippen LogP) is 8.57. The summed E-state index contributed by atoms with van der Waals surface area (Å²) in [7, 11) is 0. The van der Waals surface area contributed by atoms with Crippen molar-refractivity contribution in [1.29, 1.82) is 0 Å². The van der Waals surface area contributed by atoms with Gasteiger partial charge in [0.25, 0.3) is 0 Å². The van der Waals surface area contributed by atoms with Crippen molar-refractivity contribution in [1.82, 2.24) is 9.97 Å². The van der Waals surface area contributed by atoms with Crippen LogP contribution in [0.1, 0.15) is 50.1 Å². The Hall–Kier alpha value is -4.04. The van der Waals surface area contributed by atoms with Gasteiger partial charge in [0.1, 0.15) is 0 Å². The SMILES string of the molecule is CC1(C)c2cccc(c2)-c2ccc3ccc4ccc5ccc(nc5c4c3n2)C(C)(C)c2cccc1c2. The molecule has 2 heteroatoms. The molecule has 1 aliphatic heterocycles. The van der Waals surface area contributed by atoms with Gasteiger partial charge in [-0.15, -0.1) is 0 Å². The highest BCUT2D eigenvalue weighted by atomic mass is 14.7. The Kier molecular flexibility index (Phi) is 4.27. The van der Waals surface area contributed by atoms with Crippen LogP contribution in [-0.2, 0) is 10.8 Å². The second kappa shape index (κ2) is 7.24. The lowest BCUT2D eigenvalue weighted by Crippen LogP contribution is -2.23. The molecular formula is C34H28N2. The fourth-order valence-corrected chi connectivity index (χ4v) is 5.76. The van der Waals surface area contributed by atoms with Gasteiger partial charge in [0, 0.05) is 32.6 Å². The second-order valence-electron chi connectivity index (χ2n) is 11.2. The summed E-state index contributed by atoms with van der Waals surface area (Å²) >= 11 is 0. The quantitative estimate of drug-likeness (QED) is 0.210. The molecule has 0 aliphatic carbocycles. The average molecular weight is 465 g/mol. The third kappa shape index (κ3) is 2.97. The molecule has 0 fully saturated rings. The first kappa shape index (κ1) is 21.3. The maximum absolute atomic E-state index is 5.35. The third-order valence-electron chi connectivity index (χ3n) is 8.33. The number of fused-ring (bicyclic) bond motifs is 7. The van der Waals surface area contributed by atoms with E-state index in [9.17, 15) is 0 Å². The summed E-state index contributed by atoms with van der Waals surface area (Å²) in [6.07, 6.45) is 0. The molecular weight excluding hydrogens is 436 g/mol. The van der Waals surface area contributed by atoms with Crippen LogP contribution in [0.15, 0.2) is 97.1 Å². The number of nitrogens with zero attached hydrogens (tertiary/aromatic N) is 2. The van der Waals surface area contributed by atoms with Crippen molar-refractivity contribution in [2.24, 2.45) is 0 Å². The average Bonchev–Trinajstić information content (AvgIpc) is 2.91. The number of rotatable bonds is 0. The van der Waals surface area contributed by atoms with E-state index >= 15 is 0 Å². The number of hydrogen-bond donors (Lipinski definition) is 0. The Morgan fingerprint density at radius 2 is 1.06 bits per heavy atom. The zero-order chi connectivity index (χ0) is 24.7. The molecule has 0 saturated heterocycles. The summed E-state index contributed by atoms with van der Waals surface area (Å²) in [5, 5.41) is 4.58. The second-order valence-corrected chi connectivity index (χ2v) is 11.2. The summed E-state index contributed by atoms with van der Waals surface area (Å²) in [6, 6.07) is 35.4. The molecule has 0 unspecified atom stereocenters. The highest BCUT2D eigenvalue weighted by Crippen LogP contribution is 2.39. The van der Waals surface area contributed by atoms with E-state index in [2.05, 4.69) is 125 Å². The van der Waals surface area contributed by atoms with E-state index in [0.29, 0.717) is 0 Å². The number of pyridine rings is 2. The molecule has 0 amide bonds. The van der Waals surface area contributed by atoms with E-state index in [1.165, 1.54) is 22.1 Å². The maximum atomic E-state index is 5.35. The number of hydrogen-bond acceptors (Lipinski definition) is 2. The Balaban J connectivity index is 1.68. The first-order valence-corrected chi connectivity index (χ1v) is 12.7. The monoisotopic (exact) mass is 464 g/mol. The van der Waals surface area contributed by atoms with Gasteiger partial charge >= 0.3 is 0 Å². The minimum atomic E-state index is -0.256. The van der Waals surface area contributed by atoms with Crippen LogP contribution in [0.3, 0.4) is 0 Å². The van der Waals surface area contributed by atoms with Gasteiger partial charge in [-0.05, 0) is 40.3 Å². The molecule has 3 heterocycles. The molecule has 0 radical (unpaired) electrons. The Labute approximate surface area is 211 Å². The van der Waals surface area contributed by atoms with Gasteiger partial charge in [-0.3, -0.25) is 4.98 Å². The summed E-state index contributed by atoms with van der Waals surface area (Å²) in [6.45, 7) is 9.19. The van der Waals surface area contributed by atoms with E-state index in [4.69, 9.17) is 9.97 Å². The van der Waals surface area contributed by atoms with Crippen LogP contribution in [0.5, 0.6) is 0 Å². The van der Waals surface area contributed by atoms with Crippen molar-refractivity contribution in [2.45, 2.75) is 38.5 Å². The largest absolute Gasteiger partial charge is 0.251 e. The van der Waals surface area contributed by atoms with Gasteiger partial charge in [-0.1, -0.05) is 107 Å². The number of aromatic nitrogens is 2. The van der Waals surface area contributed by atoms with E-state index in [0.717, 1.165) is 44.1 Å². The van der Waals surface area contributed by atoms with Gasteiger partial charge in [-0.25, -0.2) is 4.98 Å². The van der Waals surface area contributed by atoms with E-state index in [1.54, 1.807) is 0 Å². The van der Waals surface area contributed by atoms with Crippen LogP contribution in [0.25, 0.3) is 43.8 Å². The smallest absolute Gasteiger partial charge is 0.0809 e. The van der Waals surface area contributed by atoms with Crippen molar-refractivity contribution < 1.29 is 0 Å². The predicted molar refractivity (Wildman–Crippen MR) is 151 cm³/mol. The van der Waals surface area contributed by atoms with E-state index < -0.39 is 0 Å². The molecule has 0 N–H and O–H groups in total. The first-order valence-electron chi connectivity index (χ1n) is 12.7. The Bertz CT molecular complexity index is 1840. The molecule has 2 aromatic heterocycles. The fourth-order valence-electron chi connectivity index (χ4n) is 5.76. The van der Waals surface area contributed by atoms with Gasteiger partial charge in [0.15, 0.2) is 0 Å². The minimum Gasteiger partial charge on any atom is -0.251 e. The Morgan fingerprint density at radius 1 is 0.500 bits per heavy atom. The third-order valence-corrected chi connectivity index (χ3v) is 8.33. The molecule has 36 heavy (non-hydrogen) atoms. The number of benzene rings is 4. The highest BCUT2D eigenvalue weighted by Gasteiger charge is 2.29. The Morgan fingerprint density at radius 3 is 1.81 bits per heavy atom. The molecule has 4 aromatic carbocycles. The zero-order valence-electron chi connectivity index (χ0n) is 21.1. The van der Waals surface area contributed by atoms with Crippen LogP contribution in [0, 0.1) is 0 Å². The van der Waals surface area contributed by atoms with Crippen molar-refractivity contribution in [2.75, 3.05) is 0 Å². The van der Waals surface area contributed by atoms with Crippen molar-refractivity contribution in [3.63, 3.8) is 0 Å². The molecule has 1 aliphatic rings. The van der Waals surface area contributed by atoms with Gasteiger partial charge in [0.05, 0.1) is 22.4 Å². The lowest BCUT2D eigenvalue weighted by Gasteiger charge is -2.30. The summed E-state index contributed by atoms with van der Waals surface area (Å²) in [4.78, 5) is 10.6. The first-order chi connectivity index (χ1) is 17.3. The summed E-state index contributed by atoms with van der Waals surface area (Å²) < 4.78 is 0. The molecule has 174 valence electrons. The van der Waals surface area contributed by atoms with Crippen molar-refractivity contribution in [3.8, 4) is 11.3 Å². The van der Waals surface area contributed by atoms with Crippen LogP contribution in [0.2, 0.25) is 0 Å².